The van der Waals surface area contributed by atoms with E-state index >= 15 is 0 Å². The Morgan fingerprint density at radius 3 is 2.89 bits per heavy atom. The second-order valence-corrected chi connectivity index (χ2v) is 11.9. The van der Waals surface area contributed by atoms with Crippen LogP contribution in [0.2, 0.25) is 0 Å². The second kappa shape index (κ2) is 10.9. The Hall–Kier alpha value is -2.53. The lowest BCUT2D eigenvalue weighted by Gasteiger charge is -2.18. The van der Waals surface area contributed by atoms with Gasteiger partial charge in [0.15, 0.2) is 17.7 Å². The fourth-order valence-corrected chi connectivity index (χ4v) is 7.06. The van der Waals surface area contributed by atoms with Crippen LogP contribution >= 0.6 is 19.6 Å². The Morgan fingerprint density at radius 2 is 2.08 bits per heavy atom. The van der Waals surface area contributed by atoms with Gasteiger partial charge in [-0.15, -0.1) is 0 Å². The molecule has 2 aromatic rings. The number of anilines is 1. The van der Waals surface area contributed by atoms with Gasteiger partial charge in [0.05, 0.1) is 25.0 Å². The van der Waals surface area contributed by atoms with Crippen molar-refractivity contribution in [3.63, 3.8) is 0 Å². The zero-order chi connectivity index (χ0) is 27.0. The molecule has 0 aromatic carbocycles. The number of carbonyl (C=O) groups excluding carboxylic acids is 2. The van der Waals surface area contributed by atoms with Crippen molar-refractivity contribution in [1.82, 2.24) is 30.2 Å². The molecule has 0 radical (unpaired) electrons. The minimum Gasteiger partial charge on any atom is -0.387 e. The zero-order valence-corrected chi connectivity index (χ0v) is 21.7. The normalized spacial score (nSPS) is 32.1. The van der Waals surface area contributed by atoms with E-state index in [0.29, 0.717) is 12.8 Å². The summed E-state index contributed by atoms with van der Waals surface area (Å²) in [6.45, 7) is -0.638. The summed E-state index contributed by atoms with van der Waals surface area (Å²) in [6.07, 6.45) is -0.985. The monoisotopic (exact) mass is 573 g/mol. The van der Waals surface area contributed by atoms with Crippen molar-refractivity contribution in [2.24, 2.45) is 0 Å². The lowest BCUT2D eigenvalue weighted by Crippen LogP contribution is -2.36. The number of aromatic nitrogens is 4. The molecule has 3 aliphatic heterocycles. The molecule has 38 heavy (non-hydrogen) atoms. The topological polar surface area (TPSA) is 233 Å². The Morgan fingerprint density at radius 1 is 1.26 bits per heavy atom. The van der Waals surface area contributed by atoms with Gasteiger partial charge >= 0.3 is 19.8 Å². The Balaban J connectivity index is 1.06. The van der Waals surface area contributed by atoms with Gasteiger partial charge in [-0.2, -0.15) is 11.8 Å². The van der Waals surface area contributed by atoms with E-state index in [-0.39, 0.29) is 46.8 Å². The summed E-state index contributed by atoms with van der Waals surface area (Å²) in [5, 5.41) is 26.9. The summed E-state index contributed by atoms with van der Waals surface area (Å²) < 4.78 is 28.8. The molecule has 0 saturated carbocycles. The third kappa shape index (κ3) is 5.59. The van der Waals surface area contributed by atoms with E-state index in [1.54, 1.807) is 11.8 Å². The minimum atomic E-state index is -4.80. The predicted octanol–water partition coefficient (Wildman–Crippen LogP) is -0.586. The number of thioether (sulfide) groups is 1. The van der Waals surface area contributed by atoms with Crippen molar-refractivity contribution in [2.75, 3.05) is 18.1 Å². The van der Waals surface area contributed by atoms with Gasteiger partial charge in [0.1, 0.15) is 30.2 Å². The fraction of sp³-hybridized carbons (Fsp3) is 0.650. The lowest BCUT2D eigenvalue weighted by atomic mass is 10.0. The van der Waals surface area contributed by atoms with Gasteiger partial charge in [0.2, 0.25) is 0 Å². The van der Waals surface area contributed by atoms with Gasteiger partial charge in [0, 0.05) is 17.4 Å². The van der Waals surface area contributed by atoms with Crippen LogP contribution in [0.1, 0.15) is 31.9 Å². The van der Waals surface area contributed by atoms with Crippen LogP contribution in [-0.2, 0) is 23.1 Å². The number of hydrogen-bond acceptors (Lipinski definition) is 13. The number of amides is 2. The van der Waals surface area contributed by atoms with E-state index in [4.69, 9.17) is 15.0 Å². The molecule has 3 aliphatic rings. The van der Waals surface area contributed by atoms with Crippen molar-refractivity contribution in [1.29, 1.82) is 0 Å². The molecule has 0 spiro atoms. The van der Waals surface area contributed by atoms with Gasteiger partial charge in [-0.3, -0.25) is 18.8 Å². The number of hydrogen-bond donors (Lipinski definition) is 6. The number of nitrogen functional groups attached to an aromatic ring is 1. The highest BCUT2D eigenvalue weighted by molar-refractivity contribution is 8.00. The number of carbonyl (C=O) groups is 2. The molecule has 18 heteroatoms. The summed E-state index contributed by atoms with van der Waals surface area (Å²) >= 11 is 1.76. The Labute approximate surface area is 220 Å². The van der Waals surface area contributed by atoms with Gasteiger partial charge in [-0.25, -0.2) is 24.3 Å². The first-order chi connectivity index (χ1) is 18.1. The summed E-state index contributed by atoms with van der Waals surface area (Å²) in [6, 6.07) is 0.0180. The highest BCUT2D eigenvalue weighted by atomic mass is 32.2. The number of phosphoric acid groups is 1. The predicted molar refractivity (Wildman–Crippen MR) is 131 cm³/mol. The van der Waals surface area contributed by atoms with Crippen molar-refractivity contribution in [3.05, 3.63) is 12.7 Å². The van der Waals surface area contributed by atoms with Gasteiger partial charge in [0.25, 0.3) is 0 Å². The molecule has 16 nitrogen and oxygen atoms in total. The van der Waals surface area contributed by atoms with Crippen LogP contribution in [0.15, 0.2) is 12.7 Å². The van der Waals surface area contributed by atoms with E-state index in [2.05, 4.69) is 30.1 Å². The molecular formula is C20H28N7O9PS. The first-order valence-corrected chi connectivity index (χ1v) is 14.5. The zero-order valence-electron chi connectivity index (χ0n) is 20.0. The van der Waals surface area contributed by atoms with E-state index in [0.717, 1.165) is 12.2 Å². The third-order valence-electron chi connectivity index (χ3n) is 6.68. The largest absolute Gasteiger partial charge is 0.529 e. The number of rotatable bonds is 10. The van der Waals surface area contributed by atoms with Gasteiger partial charge in [-0.05, 0) is 12.8 Å². The Bertz CT molecular complexity index is 1250. The molecule has 0 aliphatic carbocycles. The second-order valence-electron chi connectivity index (χ2n) is 9.22. The number of nitrogens with one attached hydrogen (secondary N) is 2. The average molecular weight is 574 g/mol. The summed E-state index contributed by atoms with van der Waals surface area (Å²) in [5.74, 6) is 0.0483. The average Bonchev–Trinajstić information content (AvgIpc) is 3.61. The molecule has 5 rings (SSSR count). The highest BCUT2D eigenvalue weighted by Gasteiger charge is 2.46. The molecular weight excluding hydrogens is 545 g/mol. The maximum absolute atomic E-state index is 12.3. The number of nitrogens with two attached hydrogens (primary N) is 1. The van der Waals surface area contributed by atoms with E-state index in [9.17, 15) is 29.3 Å². The molecule has 5 heterocycles. The molecule has 7 N–H and O–H groups in total. The number of urea groups is 1. The molecule has 0 bridgehead atoms. The molecule has 2 aromatic heterocycles. The molecule has 2 amide bonds. The SMILES string of the molecule is Nc1ncnc2c1ncn2C1OC(COP(=O)(O)OC(=O)CCCC[C@@H]2SCC3NC(=O)NC32)C(O)C1O. The van der Waals surface area contributed by atoms with Crippen LogP contribution in [0.5, 0.6) is 0 Å². The van der Waals surface area contributed by atoms with Crippen LogP contribution in [0.25, 0.3) is 11.2 Å². The van der Waals surface area contributed by atoms with Crippen LogP contribution in [0, 0.1) is 0 Å². The lowest BCUT2D eigenvalue weighted by molar-refractivity contribution is -0.136. The van der Waals surface area contributed by atoms with Crippen molar-refractivity contribution < 1.29 is 43.0 Å². The summed E-state index contributed by atoms with van der Waals surface area (Å²) in [4.78, 5) is 45.5. The number of aliphatic hydroxyl groups is 2. The van der Waals surface area contributed by atoms with E-state index < -0.39 is 44.9 Å². The summed E-state index contributed by atoms with van der Waals surface area (Å²) in [5.41, 5.74) is 6.30. The van der Waals surface area contributed by atoms with Crippen molar-refractivity contribution in [2.45, 2.75) is 67.6 Å². The van der Waals surface area contributed by atoms with Crippen LogP contribution in [-0.4, -0.2) is 94.6 Å². The number of aliphatic hydroxyl groups excluding tert-OH is 2. The maximum atomic E-state index is 12.3. The fourth-order valence-electron chi connectivity index (χ4n) is 4.78. The number of ether oxygens (including phenoxy) is 1. The first kappa shape index (κ1) is 27.1. The minimum absolute atomic E-state index is 0.0655. The number of phosphoric ester groups is 1. The number of nitrogens with zero attached hydrogens (tertiary/aromatic N) is 4. The molecule has 3 saturated heterocycles. The molecule has 208 valence electrons. The van der Waals surface area contributed by atoms with Gasteiger partial charge in [-0.1, -0.05) is 6.42 Å². The quantitative estimate of drug-likeness (QED) is 0.119. The number of unbranched alkanes of at least 4 members (excludes halogenated alkanes) is 1. The number of fused-ring (bicyclic) bond motifs is 2. The van der Waals surface area contributed by atoms with Crippen LogP contribution in [0.3, 0.4) is 0 Å². The maximum Gasteiger partial charge on any atom is 0.529 e. The third-order valence-corrected chi connectivity index (χ3v) is 9.09. The standard InChI is InChI=1S/C20H28N7O9PS/c21-17-14-18(23-7-22-17)27(8-24-14)19-16(30)15(29)10(35-19)5-34-37(32,33)36-12(28)4-2-1-3-11-13-9(6-38-11)25-20(31)26-13/h7-11,13,15-16,19,29-30H,1-6H2,(H,32,33)(H2,21,22,23)(H2,25,26,31)/t9?,10?,11-,13?,15?,16?,19?/m0/s1. The van der Waals surface area contributed by atoms with Gasteiger partial charge < -0.3 is 35.8 Å². The van der Waals surface area contributed by atoms with Crippen molar-refractivity contribution in [3.8, 4) is 0 Å². The summed E-state index contributed by atoms with van der Waals surface area (Å²) in [7, 11) is -4.80. The number of imidazole rings is 1. The molecule has 8 atom stereocenters. The molecule has 7 unspecified atom stereocenters. The van der Waals surface area contributed by atoms with Crippen LogP contribution in [0.4, 0.5) is 10.6 Å². The smallest absolute Gasteiger partial charge is 0.387 e. The molecule has 3 fully saturated rings. The Kier molecular flexibility index (Phi) is 7.77. The van der Waals surface area contributed by atoms with E-state index in [1.807, 2.05) is 0 Å². The van der Waals surface area contributed by atoms with E-state index in [1.165, 1.54) is 17.2 Å². The highest BCUT2D eigenvalue weighted by Crippen LogP contribution is 2.45. The van der Waals surface area contributed by atoms with Crippen LogP contribution < -0.4 is 16.4 Å². The first-order valence-electron chi connectivity index (χ1n) is 12.0. The van der Waals surface area contributed by atoms with Crippen molar-refractivity contribution >= 4 is 48.6 Å².